The SMILES string of the molecule is CCc1cc(C(=O)N2CCN(C(C)C(N)=S)CC2)n(C)n1. The molecule has 2 N–H and O–H groups in total. The lowest BCUT2D eigenvalue weighted by Gasteiger charge is -2.37. The van der Waals surface area contributed by atoms with E-state index in [1.165, 1.54) is 0 Å². The number of amides is 1. The first-order valence-electron chi connectivity index (χ1n) is 7.29. The van der Waals surface area contributed by atoms with E-state index in [0.29, 0.717) is 23.8 Å². The number of carbonyl (C=O) groups excluding carboxylic acids is 1. The van der Waals surface area contributed by atoms with Crippen LogP contribution in [0.2, 0.25) is 0 Å². The van der Waals surface area contributed by atoms with E-state index in [-0.39, 0.29) is 11.9 Å². The van der Waals surface area contributed by atoms with Gasteiger partial charge in [-0.05, 0) is 19.4 Å². The predicted octanol–water partition coefficient (Wildman–Crippen LogP) is 0.415. The fourth-order valence-electron chi connectivity index (χ4n) is 2.55. The van der Waals surface area contributed by atoms with Crippen molar-refractivity contribution >= 4 is 23.1 Å². The molecular formula is C14H23N5OS. The molecule has 0 spiro atoms. The summed E-state index contributed by atoms with van der Waals surface area (Å²) in [6.07, 6.45) is 0.834. The fourth-order valence-corrected chi connectivity index (χ4v) is 2.70. The molecule has 0 aromatic carbocycles. The fraction of sp³-hybridized carbons (Fsp3) is 0.643. The molecule has 1 aromatic heterocycles. The third kappa shape index (κ3) is 3.41. The minimum absolute atomic E-state index is 0.0485. The Morgan fingerprint density at radius 3 is 2.52 bits per heavy atom. The molecule has 1 aliphatic heterocycles. The van der Waals surface area contributed by atoms with Gasteiger partial charge in [0.05, 0.1) is 16.7 Å². The lowest BCUT2D eigenvalue weighted by molar-refractivity contribution is 0.0611. The van der Waals surface area contributed by atoms with Crippen molar-refractivity contribution in [3.8, 4) is 0 Å². The van der Waals surface area contributed by atoms with E-state index in [4.69, 9.17) is 18.0 Å². The van der Waals surface area contributed by atoms with E-state index in [1.807, 2.05) is 31.9 Å². The maximum atomic E-state index is 12.6. The number of nitrogens with two attached hydrogens (primary N) is 1. The molecule has 2 heterocycles. The van der Waals surface area contributed by atoms with Gasteiger partial charge in [0.2, 0.25) is 0 Å². The first-order valence-corrected chi connectivity index (χ1v) is 7.70. The van der Waals surface area contributed by atoms with Gasteiger partial charge >= 0.3 is 0 Å². The molecule has 2 rings (SSSR count). The lowest BCUT2D eigenvalue weighted by Crippen LogP contribution is -2.54. The third-order valence-corrected chi connectivity index (χ3v) is 4.41. The van der Waals surface area contributed by atoms with Crippen LogP contribution in [0.15, 0.2) is 6.07 Å². The highest BCUT2D eigenvalue weighted by molar-refractivity contribution is 7.80. The zero-order chi connectivity index (χ0) is 15.6. The number of hydrogen-bond donors (Lipinski definition) is 1. The molecule has 1 saturated heterocycles. The topological polar surface area (TPSA) is 67.4 Å². The number of piperazine rings is 1. The summed E-state index contributed by atoms with van der Waals surface area (Å²) in [6, 6.07) is 1.97. The summed E-state index contributed by atoms with van der Waals surface area (Å²) >= 11 is 5.03. The summed E-state index contributed by atoms with van der Waals surface area (Å²) in [5.74, 6) is 0.0485. The van der Waals surface area contributed by atoms with Crippen molar-refractivity contribution in [3.63, 3.8) is 0 Å². The van der Waals surface area contributed by atoms with Gasteiger partial charge in [-0.1, -0.05) is 19.1 Å². The summed E-state index contributed by atoms with van der Waals surface area (Å²) in [6.45, 7) is 7.02. The minimum atomic E-state index is 0.0485. The molecule has 7 heteroatoms. The lowest BCUT2D eigenvalue weighted by atomic mass is 10.2. The summed E-state index contributed by atoms with van der Waals surface area (Å²) in [7, 11) is 1.82. The van der Waals surface area contributed by atoms with Crippen molar-refractivity contribution in [1.82, 2.24) is 19.6 Å². The summed E-state index contributed by atoms with van der Waals surface area (Å²) < 4.78 is 1.67. The van der Waals surface area contributed by atoms with Crippen LogP contribution in [-0.4, -0.2) is 62.7 Å². The zero-order valence-corrected chi connectivity index (χ0v) is 13.7. The molecule has 1 aromatic rings. The van der Waals surface area contributed by atoms with E-state index >= 15 is 0 Å². The minimum Gasteiger partial charge on any atom is -0.392 e. The second-order valence-electron chi connectivity index (χ2n) is 5.40. The van der Waals surface area contributed by atoms with Crippen LogP contribution in [0.5, 0.6) is 0 Å². The van der Waals surface area contributed by atoms with Gasteiger partial charge in [-0.2, -0.15) is 5.10 Å². The molecule has 1 unspecified atom stereocenters. The molecule has 116 valence electrons. The molecule has 21 heavy (non-hydrogen) atoms. The Hall–Kier alpha value is -1.47. The number of aryl methyl sites for hydroxylation is 2. The molecule has 1 amide bonds. The second-order valence-corrected chi connectivity index (χ2v) is 5.88. The summed E-state index contributed by atoms with van der Waals surface area (Å²) in [5, 5.41) is 4.34. The maximum Gasteiger partial charge on any atom is 0.272 e. The van der Waals surface area contributed by atoms with Gasteiger partial charge < -0.3 is 10.6 Å². The van der Waals surface area contributed by atoms with Gasteiger partial charge in [0.25, 0.3) is 5.91 Å². The van der Waals surface area contributed by atoms with Crippen LogP contribution in [0.25, 0.3) is 0 Å². The highest BCUT2D eigenvalue weighted by atomic mass is 32.1. The Labute approximate surface area is 130 Å². The van der Waals surface area contributed by atoms with Gasteiger partial charge in [-0.25, -0.2) is 0 Å². The number of hydrogen-bond acceptors (Lipinski definition) is 4. The first kappa shape index (κ1) is 15.9. The van der Waals surface area contributed by atoms with Crippen LogP contribution in [0, 0.1) is 0 Å². The maximum absolute atomic E-state index is 12.6. The van der Waals surface area contributed by atoms with Crippen molar-refractivity contribution in [2.45, 2.75) is 26.3 Å². The average molecular weight is 309 g/mol. The Bertz CT molecular complexity index is 533. The van der Waals surface area contributed by atoms with E-state index in [0.717, 1.165) is 25.2 Å². The Kier molecular flexibility index (Phi) is 4.95. The van der Waals surface area contributed by atoms with E-state index in [2.05, 4.69) is 10.00 Å². The molecule has 0 radical (unpaired) electrons. The molecule has 0 bridgehead atoms. The molecule has 0 saturated carbocycles. The van der Waals surface area contributed by atoms with Crippen molar-refractivity contribution in [1.29, 1.82) is 0 Å². The highest BCUT2D eigenvalue weighted by Gasteiger charge is 2.27. The van der Waals surface area contributed by atoms with E-state index < -0.39 is 0 Å². The van der Waals surface area contributed by atoms with Gasteiger partial charge in [0, 0.05) is 33.2 Å². The molecule has 6 nitrogen and oxygen atoms in total. The Balaban J connectivity index is 2.00. The first-order chi connectivity index (χ1) is 9.93. The number of rotatable bonds is 4. The Morgan fingerprint density at radius 2 is 2.05 bits per heavy atom. The van der Waals surface area contributed by atoms with Crippen molar-refractivity contribution in [2.75, 3.05) is 26.2 Å². The van der Waals surface area contributed by atoms with Crippen LogP contribution in [0.4, 0.5) is 0 Å². The van der Waals surface area contributed by atoms with Crippen LogP contribution in [-0.2, 0) is 13.5 Å². The van der Waals surface area contributed by atoms with Crippen LogP contribution >= 0.6 is 12.2 Å². The normalized spacial score (nSPS) is 17.8. The molecule has 1 atom stereocenters. The van der Waals surface area contributed by atoms with E-state index in [1.54, 1.807) is 4.68 Å². The smallest absolute Gasteiger partial charge is 0.272 e. The molecular weight excluding hydrogens is 286 g/mol. The van der Waals surface area contributed by atoms with E-state index in [9.17, 15) is 4.79 Å². The predicted molar refractivity (Wildman–Crippen MR) is 86.3 cm³/mol. The molecule has 1 fully saturated rings. The van der Waals surface area contributed by atoms with Gasteiger partial charge in [0.1, 0.15) is 5.69 Å². The largest absolute Gasteiger partial charge is 0.392 e. The number of aromatic nitrogens is 2. The zero-order valence-electron chi connectivity index (χ0n) is 12.9. The number of nitrogens with zero attached hydrogens (tertiary/aromatic N) is 4. The molecule has 1 aliphatic rings. The van der Waals surface area contributed by atoms with Crippen LogP contribution < -0.4 is 5.73 Å². The Morgan fingerprint density at radius 1 is 1.43 bits per heavy atom. The number of carbonyl (C=O) groups is 1. The van der Waals surface area contributed by atoms with Gasteiger partial charge in [0.15, 0.2) is 0 Å². The van der Waals surface area contributed by atoms with Crippen molar-refractivity contribution in [2.24, 2.45) is 12.8 Å². The summed E-state index contributed by atoms with van der Waals surface area (Å²) in [4.78, 5) is 17.2. The standard InChI is InChI=1S/C14H23N5OS/c1-4-11-9-12(17(3)16-11)14(20)19-7-5-18(6-8-19)10(2)13(15)21/h9-10H,4-8H2,1-3H3,(H2,15,21). The second kappa shape index (κ2) is 6.53. The van der Waals surface area contributed by atoms with Gasteiger partial charge in [-0.3, -0.25) is 14.4 Å². The number of thiocarbonyl (C=S) groups is 1. The van der Waals surface area contributed by atoms with Crippen molar-refractivity contribution < 1.29 is 4.79 Å². The monoisotopic (exact) mass is 309 g/mol. The average Bonchev–Trinajstić information content (AvgIpc) is 2.87. The molecule has 0 aliphatic carbocycles. The third-order valence-electron chi connectivity index (χ3n) is 4.07. The quantitative estimate of drug-likeness (QED) is 0.816. The summed E-state index contributed by atoms with van der Waals surface area (Å²) in [5.41, 5.74) is 7.29. The van der Waals surface area contributed by atoms with Crippen LogP contribution in [0.1, 0.15) is 30.0 Å². The van der Waals surface area contributed by atoms with Crippen molar-refractivity contribution in [3.05, 3.63) is 17.5 Å². The highest BCUT2D eigenvalue weighted by Crippen LogP contribution is 2.12. The van der Waals surface area contributed by atoms with Gasteiger partial charge in [-0.15, -0.1) is 0 Å². The van der Waals surface area contributed by atoms with Crippen LogP contribution in [0.3, 0.4) is 0 Å².